The summed E-state index contributed by atoms with van der Waals surface area (Å²) >= 11 is 0. The van der Waals surface area contributed by atoms with Gasteiger partial charge in [0, 0.05) is 37.1 Å². The van der Waals surface area contributed by atoms with E-state index < -0.39 is 0 Å². The molecule has 0 fully saturated rings. The van der Waals surface area contributed by atoms with Crippen LogP contribution in [0.4, 0.5) is 0 Å². The largest absolute Gasteiger partial charge is 0.346 e. The van der Waals surface area contributed by atoms with E-state index in [1.54, 1.807) is 12.4 Å². The minimum atomic E-state index is -0.0929. The van der Waals surface area contributed by atoms with Crippen molar-refractivity contribution in [1.29, 1.82) is 0 Å². The van der Waals surface area contributed by atoms with Crippen molar-refractivity contribution in [1.82, 2.24) is 25.2 Å². The smallest absolute Gasteiger partial charge is 0.253 e. The Morgan fingerprint density at radius 1 is 1.22 bits per heavy atom. The number of carbonyl (C=O) groups is 1. The second kappa shape index (κ2) is 5.81. The highest BCUT2D eigenvalue weighted by Gasteiger charge is 2.20. The molecule has 3 heterocycles. The number of fused-ring (bicyclic) bond motifs is 2. The third-order valence-corrected chi connectivity index (χ3v) is 4.11. The number of amides is 1. The lowest BCUT2D eigenvalue weighted by Crippen LogP contribution is -2.42. The van der Waals surface area contributed by atoms with E-state index in [1.165, 1.54) is 0 Å². The molecule has 0 spiro atoms. The van der Waals surface area contributed by atoms with Gasteiger partial charge in [-0.15, -0.1) is 0 Å². The van der Waals surface area contributed by atoms with E-state index in [-0.39, 0.29) is 11.9 Å². The first-order valence-electron chi connectivity index (χ1n) is 7.66. The number of nitrogens with one attached hydrogen (secondary N) is 2. The maximum atomic E-state index is 12.7. The lowest BCUT2D eigenvalue weighted by Gasteiger charge is -2.17. The van der Waals surface area contributed by atoms with Crippen LogP contribution >= 0.6 is 0 Å². The second-order valence-corrected chi connectivity index (χ2v) is 5.68. The number of hydrogen-bond acceptors (Lipinski definition) is 4. The quantitative estimate of drug-likeness (QED) is 0.749. The molecule has 1 atom stereocenters. The van der Waals surface area contributed by atoms with Gasteiger partial charge in [0.1, 0.15) is 5.82 Å². The number of aromatic nitrogens is 3. The third-order valence-electron chi connectivity index (χ3n) is 4.11. The Kier molecular flexibility index (Phi) is 3.51. The molecule has 6 heteroatoms. The van der Waals surface area contributed by atoms with Gasteiger partial charge in [-0.25, -0.2) is 4.98 Å². The Balaban J connectivity index is 1.58. The van der Waals surface area contributed by atoms with Crippen LogP contribution in [-0.2, 0) is 13.1 Å². The summed E-state index contributed by atoms with van der Waals surface area (Å²) < 4.78 is 2.08. The van der Waals surface area contributed by atoms with Gasteiger partial charge in [-0.05, 0) is 12.1 Å². The molecule has 0 saturated heterocycles. The third kappa shape index (κ3) is 2.68. The van der Waals surface area contributed by atoms with E-state index in [9.17, 15) is 4.79 Å². The summed E-state index contributed by atoms with van der Waals surface area (Å²) in [4.78, 5) is 21.3. The number of benzene rings is 1. The van der Waals surface area contributed by atoms with E-state index in [4.69, 9.17) is 0 Å². The van der Waals surface area contributed by atoms with Crippen molar-refractivity contribution in [3.63, 3.8) is 0 Å². The zero-order valence-electron chi connectivity index (χ0n) is 12.6. The molecular formula is C17H17N5O. The maximum absolute atomic E-state index is 12.7. The van der Waals surface area contributed by atoms with Crippen LogP contribution in [0.5, 0.6) is 0 Å². The molecule has 6 nitrogen and oxygen atoms in total. The fraction of sp³-hybridized carbons (Fsp3) is 0.235. The van der Waals surface area contributed by atoms with Crippen molar-refractivity contribution in [3.8, 4) is 0 Å². The molecule has 1 aliphatic rings. The van der Waals surface area contributed by atoms with Gasteiger partial charge < -0.3 is 15.2 Å². The summed E-state index contributed by atoms with van der Waals surface area (Å²) in [6.07, 6.45) is 5.45. The molecular weight excluding hydrogens is 290 g/mol. The van der Waals surface area contributed by atoms with Crippen molar-refractivity contribution < 1.29 is 4.79 Å². The minimum Gasteiger partial charge on any atom is -0.346 e. The van der Waals surface area contributed by atoms with Gasteiger partial charge in [0.05, 0.1) is 23.7 Å². The van der Waals surface area contributed by atoms with Crippen LogP contribution in [0.1, 0.15) is 16.2 Å². The molecule has 2 aromatic heterocycles. The SMILES string of the molecule is O=C(NC1CNCc2nccn2C1)c1cccc2cccnc12. The number of hydrogen-bond donors (Lipinski definition) is 2. The zero-order valence-corrected chi connectivity index (χ0v) is 12.6. The number of pyridine rings is 1. The first-order valence-corrected chi connectivity index (χ1v) is 7.66. The fourth-order valence-corrected chi connectivity index (χ4v) is 2.98. The van der Waals surface area contributed by atoms with Gasteiger partial charge in [0.2, 0.25) is 0 Å². The second-order valence-electron chi connectivity index (χ2n) is 5.68. The van der Waals surface area contributed by atoms with E-state index in [2.05, 4.69) is 25.2 Å². The zero-order chi connectivity index (χ0) is 15.6. The predicted octanol–water partition coefficient (Wildman–Crippen LogP) is 1.33. The Morgan fingerprint density at radius 3 is 3.09 bits per heavy atom. The first kappa shape index (κ1) is 13.9. The summed E-state index contributed by atoms with van der Waals surface area (Å²) in [5.74, 6) is 0.901. The van der Waals surface area contributed by atoms with Crippen LogP contribution < -0.4 is 10.6 Å². The van der Waals surface area contributed by atoms with Crippen LogP contribution in [0, 0.1) is 0 Å². The minimum absolute atomic E-state index is 0.0110. The normalized spacial score (nSPS) is 17.5. The summed E-state index contributed by atoms with van der Waals surface area (Å²) in [5.41, 5.74) is 1.34. The molecule has 1 aromatic carbocycles. The van der Waals surface area contributed by atoms with Crippen LogP contribution in [-0.4, -0.2) is 33.0 Å². The van der Waals surface area contributed by atoms with Crippen LogP contribution in [0.15, 0.2) is 48.9 Å². The molecule has 23 heavy (non-hydrogen) atoms. The summed E-state index contributed by atoms with van der Waals surface area (Å²) in [6, 6.07) is 9.51. The van der Waals surface area contributed by atoms with Gasteiger partial charge in [-0.3, -0.25) is 9.78 Å². The summed E-state index contributed by atoms with van der Waals surface area (Å²) in [7, 11) is 0. The first-order chi connectivity index (χ1) is 11.3. The lowest BCUT2D eigenvalue weighted by atomic mass is 10.1. The predicted molar refractivity (Wildman–Crippen MR) is 86.9 cm³/mol. The Bertz CT molecular complexity index is 852. The van der Waals surface area contributed by atoms with Crippen LogP contribution in [0.25, 0.3) is 10.9 Å². The highest BCUT2D eigenvalue weighted by atomic mass is 16.1. The number of imidazole rings is 1. The van der Waals surface area contributed by atoms with Crippen molar-refractivity contribution in [2.75, 3.05) is 6.54 Å². The molecule has 116 valence electrons. The summed E-state index contributed by atoms with van der Waals surface area (Å²) in [6.45, 7) is 2.15. The molecule has 0 radical (unpaired) electrons. The summed E-state index contributed by atoms with van der Waals surface area (Å²) in [5, 5.41) is 7.40. The van der Waals surface area contributed by atoms with Gasteiger partial charge >= 0.3 is 0 Å². The molecule has 1 aliphatic heterocycles. The molecule has 2 N–H and O–H groups in total. The topological polar surface area (TPSA) is 71.8 Å². The van der Waals surface area contributed by atoms with E-state index in [1.807, 2.05) is 36.5 Å². The molecule has 3 aromatic rings. The molecule has 0 aliphatic carbocycles. The Hall–Kier alpha value is -2.73. The number of para-hydroxylation sites is 1. The molecule has 4 rings (SSSR count). The van der Waals surface area contributed by atoms with Gasteiger partial charge in [-0.2, -0.15) is 0 Å². The average Bonchev–Trinajstić information content (AvgIpc) is 2.93. The molecule has 1 amide bonds. The highest BCUT2D eigenvalue weighted by molar-refractivity contribution is 6.05. The average molecular weight is 307 g/mol. The van der Waals surface area contributed by atoms with Crippen molar-refractivity contribution in [3.05, 3.63) is 60.3 Å². The van der Waals surface area contributed by atoms with Crippen molar-refractivity contribution >= 4 is 16.8 Å². The standard InChI is InChI=1S/C17H17N5O/c23-17(14-5-1-3-12-4-2-6-20-16(12)14)21-13-9-18-10-15-19-7-8-22(15)11-13/h1-8,13,18H,9-11H2,(H,21,23). The van der Waals surface area contributed by atoms with E-state index >= 15 is 0 Å². The van der Waals surface area contributed by atoms with Gasteiger partial charge in [0.25, 0.3) is 5.91 Å². The fourth-order valence-electron chi connectivity index (χ4n) is 2.98. The Morgan fingerprint density at radius 2 is 2.13 bits per heavy atom. The van der Waals surface area contributed by atoms with Gasteiger partial charge in [-0.1, -0.05) is 18.2 Å². The van der Waals surface area contributed by atoms with E-state index in [0.29, 0.717) is 18.7 Å². The molecule has 0 bridgehead atoms. The lowest BCUT2D eigenvalue weighted by molar-refractivity contribution is 0.0935. The van der Waals surface area contributed by atoms with E-state index in [0.717, 1.165) is 23.3 Å². The highest BCUT2D eigenvalue weighted by Crippen LogP contribution is 2.16. The number of carbonyl (C=O) groups excluding carboxylic acids is 1. The molecule has 0 saturated carbocycles. The number of nitrogens with zero attached hydrogens (tertiary/aromatic N) is 3. The Labute approximate surface area is 133 Å². The maximum Gasteiger partial charge on any atom is 0.253 e. The monoisotopic (exact) mass is 307 g/mol. The molecule has 1 unspecified atom stereocenters. The van der Waals surface area contributed by atoms with Crippen molar-refractivity contribution in [2.24, 2.45) is 0 Å². The van der Waals surface area contributed by atoms with Crippen molar-refractivity contribution in [2.45, 2.75) is 19.1 Å². The van der Waals surface area contributed by atoms with Crippen LogP contribution in [0.2, 0.25) is 0 Å². The number of rotatable bonds is 2. The van der Waals surface area contributed by atoms with Gasteiger partial charge in [0.15, 0.2) is 0 Å². The van der Waals surface area contributed by atoms with Crippen LogP contribution in [0.3, 0.4) is 0 Å².